The van der Waals surface area contributed by atoms with Gasteiger partial charge in [0, 0.05) is 11.3 Å². The molecule has 2 aromatic rings. The van der Waals surface area contributed by atoms with E-state index in [1.54, 1.807) is 12.1 Å². The Morgan fingerprint density at radius 2 is 1.84 bits per heavy atom. The Balaban J connectivity index is 2.25. The van der Waals surface area contributed by atoms with Crippen molar-refractivity contribution in [3.05, 3.63) is 58.9 Å². The molecule has 0 bridgehead atoms. The Labute approximate surface area is 112 Å². The topological polar surface area (TPSA) is 32.3 Å². The molecule has 0 saturated carbocycles. The standard InChI is InChI=1S/C16H18FNO/c1-10-4-7-16(19)14(8-10)12(3)18-15-6-5-13(17)9-11(15)2/h4-9,12,18-19H,1-3H3. The first kappa shape index (κ1) is 13.4. The third kappa shape index (κ3) is 3.05. The van der Waals surface area contributed by atoms with E-state index in [4.69, 9.17) is 0 Å². The Morgan fingerprint density at radius 1 is 1.11 bits per heavy atom. The summed E-state index contributed by atoms with van der Waals surface area (Å²) in [6, 6.07) is 10.1. The van der Waals surface area contributed by atoms with E-state index in [9.17, 15) is 9.50 Å². The molecule has 0 aromatic heterocycles. The average Bonchev–Trinajstić information content (AvgIpc) is 2.35. The number of nitrogens with one attached hydrogen (secondary N) is 1. The Bertz CT molecular complexity index is 595. The van der Waals surface area contributed by atoms with Crippen molar-refractivity contribution in [3.63, 3.8) is 0 Å². The largest absolute Gasteiger partial charge is 0.508 e. The number of aromatic hydroxyl groups is 1. The maximum absolute atomic E-state index is 13.1. The molecular weight excluding hydrogens is 241 g/mol. The van der Waals surface area contributed by atoms with Gasteiger partial charge in [-0.1, -0.05) is 17.7 Å². The first-order valence-corrected chi connectivity index (χ1v) is 6.29. The Kier molecular flexibility index (Phi) is 3.74. The van der Waals surface area contributed by atoms with Crippen molar-refractivity contribution in [1.29, 1.82) is 0 Å². The summed E-state index contributed by atoms with van der Waals surface area (Å²) >= 11 is 0. The van der Waals surface area contributed by atoms with Crippen molar-refractivity contribution in [2.75, 3.05) is 5.32 Å². The van der Waals surface area contributed by atoms with Gasteiger partial charge >= 0.3 is 0 Å². The fraction of sp³-hybridized carbons (Fsp3) is 0.250. The van der Waals surface area contributed by atoms with Gasteiger partial charge in [-0.2, -0.15) is 0 Å². The summed E-state index contributed by atoms with van der Waals surface area (Å²) in [7, 11) is 0. The monoisotopic (exact) mass is 259 g/mol. The van der Waals surface area contributed by atoms with Gasteiger partial charge in [-0.15, -0.1) is 0 Å². The molecule has 0 aliphatic rings. The average molecular weight is 259 g/mol. The number of phenols is 1. The van der Waals surface area contributed by atoms with Crippen LogP contribution in [0.2, 0.25) is 0 Å². The normalized spacial score (nSPS) is 12.2. The number of aryl methyl sites for hydroxylation is 2. The summed E-state index contributed by atoms with van der Waals surface area (Å²) in [6.45, 7) is 5.81. The summed E-state index contributed by atoms with van der Waals surface area (Å²) < 4.78 is 13.1. The molecule has 2 nitrogen and oxygen atoms in total. The summed E-state index contributed by atoms with van der Waals surface area (Å²) in [4.78, 5) is 0. The zero-order chi connectivity index (χ0) is 14.0. The van der Waals surface area contributed by atoms with Gasteiger partial charge in [-0.3, -0.25) is 0 Å². The van der Waals surface area contributed by atoms with Crippen molar-refractivity contribution in [3.8, 4) is 5.75 Å². The lowest BCUT2D eigenvalue weighted by molar-refractivity contribution is 0.465. The number of hydrogen-bond donors (Lipinski definition) is 2. The number of halogens is 1. The minimum Gasteiger partial charge on any atom is -0.508 e. The lowest BCUT2D eigenvalue weighted by atomic mass is 10.0. The van der Waals surface area contributed by atoms with Gasteiger partial charge in [0.15, 0.2) is 0 Å². The van der Waals surface area contributed by atoms with E-state index in [-0.39, 0.29) is 17.6 Å². The maximum atomic E-state index is 13.1. The van der Waals surface area contributed by atoms with E-state index in [1.807, 2.05) is 32.9 Å². The van der Waals surface area contributed by atoms with Gasteiger partial charge in [0.2, 0.25) is 0 Å². The molecule has 0 aliphatic heterocycles. The smallest absolute Gasteiger partial charge is 0.123 e. The summed E-state index contributed by atoms with van der Waals surface area (Å²) in [6.07, 6.45) is 0. The Morgan fingerprint density at radius 3 is 2.53 bits per heavy atom. The second-order valence-corrected chi connectivity index (χ2v) is 4.89. The molecule has 2 aromatic carbocycles. The van der Waals surface area contributed by atoms with Crippen LogP contribution in [0.25, 0.3) is 0 Å². The molecule has 1 atom stereocenters. The van der Waals surface area contributed by atoms with Crippen molar-refractivity contribution in [1.82, 2.24) is 0 Å². The maximum Gasteiger partial charge on any atom is 0.123 e. The first-order chi connectivity index (χ1) is 8.97. The van der Waals surface area contributed by atoms with E-state index in [0.29, 0.717) is 0 Å². The highest BCUT2D eigenvalue weighted by atomic mass is 19.1. The van der Waals surface area contributed by atoms with Crippen molar-refractivity contribution in [2.24, 2.45) is 0 Å². The molecule has 2 rings (SSSR count). The van der Waals surface area contributed by atoms with Crippen molar-refractivity contribution < 1.29 is 9.50 Å². The number of rotatable bonds is 3. The van der Waals surface area contributed by atoms with Crippen LogP contribution in [0.1, 0.15) is 29.7 Å². The van der Waals surface area contributed by atoms with E-state index in [1.165, 1.54) is 12.1 Å². The van der Waals surface area contributed by atoms with E-state index in [2.05, 4.69) is 5.32 Å². The van der Waals surface area contributed by atoms with Crippen LogP contribution in [0.4, 0.5) is 10.1 Å². The quantitative estimate of drug-likeness (QED) is 0.860. The molecule has 0 aliphatic carbocycles. The van der Waals surface area contributed by atoms with E-state index < -0.39 is 0 Å². The van der Waals surface area contributed by atoms with Gasteiger partial charge in [-0.05, 0) is 50.6 Å². The molecule has 100 valence electrons. The summed E-state index contributed by atoms with van der Waals surface area (Å²) in [5.41, 5.74) is 3.65. The molecule has 0 heterocycles. The molecular formula is C16H18FNO. The van der Waals surface area contributed by atoms with Gasteiger partial charge < -0.3 is 10.4 Å². The van der Waals surface area contributed by atoms with Gasteiger partial charge in [-0.25, -0.2) is 4.39 Å². The zero-order valence-electron chi connectivity index (χ0n) is 11.4. The SMILES string of the molecule is Cc1ccc(O)c(C(C)Nc2ccc(F)cc2C)c1. The highest BCUT2D eigenvalue weighted by Gasteiger charge is 2.11. The third-order valence-corrected chi connectivity index (χ3v) is 3.21. The lowest BCUT2D eigenvalue weighted by Crippen LogP contribution is -2.08. The highest BCUT2D eigenvalue weighted by Crippen LogP contribution is 2.29. The number of phenolic OH excluding ortho intramolecular Hbond substituents is 1. The second kappa shape index (κ2) is 5.31. The third-order valence-electron chi connectivity index (χ3n) is 3.21. The van der Waals surface area contributed by atoms with E-state index >= 15 is 0 Å². The molecule has 0 amide bonds. The Hall–Kier alpha value is -2.03. The molecule has 0 radical (unpaired) electrons. The second-order valence-electron chi connectivity index (χ2n) is 4.89. The zero-order valence-corrected chi connectivity index (χ0v) is 11.4. The van der Waals surface area contributed by atoms with Crippen molar-refractivity contribution in [2.45, 2.75) is 26.8 Å². The van der Waals surface area contributed by atoms with Crippen LogP contribution >= 0.6 is 0 Å². The van der Waals surface area contributed by atoms with Gasteiger partial charge in [0.25, 0.3) is 0 Å². The van der Waals surface area contributed by atoms with Crippen LogP contribution in [0.15, 0.2) is 36.4 Å². The first-order valence-electron chi connectivity index (χ1n) is 6.29. The molecule has 0 fully saturated rings. The number of hydrogen-bond acceptors (Lipinski definition) is 2. The minimum atomic E-state index is -0.242. The van der Waals surface area contributed by atoms with Crippen LogP contribution in [0.3, 0.4) is 0 Å². The fourth-order valence-corrected chi connectivity index (χ4v) is 2.12. The summed E-state index contributed by atoms with van der Waals surface area (Å²) in [5.74, 6) is 0.0273. The van der Waals surface area contributed by atoms with E-state index in [0.717, 1.165) is 22.4 Å². The fourth-order valence-electron chi connectivity index (χ4n) is 2.12. The predicted molar refractivity (Wildman–Crippen MR) is 76.0 cm³/mol. The molecule has 3 heteroatoms. The molecule has 0 spiro atoms. The van der Waals surface area contributed by atoms with Crippen LogP contribution < -0.4 is 5.32 Å². The van der Waals surface area contributed by atoms with Gasteiger partial charge in [0.05, 0.1) is 6.04 Å². The van der Waals surface area contributed by atoms with Crippen LogP contribution in [0, 0.1) is 19.7 Å². The summed E-state index contributed by atoms with van der Waals surface area (Å²) in [5, 5.41) is 13.2. The molecule has 0 saturated heterocycles. The molecule has 1 unspecified atom stereocenters. The van der Waals surface area contributed by atoms with Crippen LogP contribution in [-0.2, 0) is 0 Å². The van der Waals surface area contributed by atoms with Crippen LogP contribution in [-0.4, -0.2) is 5.11 Å². The molecule has 19 heavy (non-hydrogen) atoms. The predicted octanol–water partition coefficient (Wildman–Crippen LogP) is 4.32. The minimum absolute atomic E-state index is 0.0518. The van der Waals surface area contributed by atoms with Crippen molar-refractivity contribution >= 4 is 5.69 Å². The number of benzene rings is 2. The highest BCUT2D eigenvalue weighted by molar-refractivity contribution is 5.53. The molecule has 2 N–H and O–H groups in total. The van der Waals surface area contributed by atoms with Crippen LogP contribution in [0.5, 0.6) is 5.75 Å². The van der Waals surface area contributed by atoms with Gasteiger partial charge in [0.1, 0.15) is 11.6 Å². The number of anilines is 1. The lowest BCUT2D eigenvalue weighted by Gasteiger charge is -2.19.